The molecule has 0 heterocycles. The molecule has 0 aliphatic heterocycles. The normalized spacial score (nSPS) is 16.9. The average molecular weight is 384 g/mol. The molecule has 0 fully saturated rings. The molecule has 0 aromatic heterocycles. The van der Waals surface area contributed by atoms with Gasteiger partial charge >= 0.3 is 6.36 Å². The van der Waals surface area contributed by atoms with E-state index in [-0.39, 0.29) is 11.7 Å². The molecule has 1 aliphatic carbocycles. The highest BCUT2D eigenvalue weighted by molar-refractivity contribution is 5.39. The summed E-state index contributed by atoms with van der Waals surface area (Å²) in [5.74, 6) is -1.74. The minimum absolute atomic E-state index is 0.203. The number of aryl methyl sites for hydroxylation is 3. The van der Waals surface area contributed by atoms with Crippen molar-refractivity contribution in [2.45, 2.75) is 51.8 Å². The molecule has 1 aliphatic rings. The molecular weight excluding hydrogens is 363 g/mol. The van der Waals surface area contributed by atoms with Gasteiger partial charge in [-0.25, -0.2) is 8.78 Å². The largest absolute Gasteiger partial charge is 0.573 e. The third kappa shape index (κ3) is 4.99. The standard InChI is InChI=1S/C21H21F5O/c1-2-13-3-6-15(18(22)10-13)7-4-14-5-8-16-12-20(27-21(24,25)26)19(23)11-17(16)9-14/h3,6,10-12,14H,2,4-5,7-9H2,1H3. The summed E-state index contributed by atoms with van der Waals surface area (Å²) in [5, 5.41) is 0. The quantitative estimate of drug-likeness (QED) is 0.561. The maximum absolute atomic E-state index is 14.1. The maximum atomic E-state index is 14.1. The second-order valence-electron chi connectivity index (χ2n) is 7.03. The minimum Gasteiger partial charge on any atom is -0.403 e. The number of fused-ring (bicyclic) bond motifs is 1. The van der Waals surface area contributed by atoms with Crippen molar-refractivity contribution >= 4 is 0 Å². The fraction of sp³-hybridized carbons (Fsp3) is 0.429. The third-order valence-electron chi connectivity index (χ3n) is 5.16. The van der Waals surface area contributed by atoms with Crippen LogP contribution in [0.25, 0.3) is 0 Å². The van der Waals surface area contributed by atoms with Gasteiger partial charge in [-0.05, 0) is 84.9 Å². The summed E-state index contributed by atoms with van der Waals surface area (Å²) in [6.07, 6.45) is -0.874. The lowest BCUT2D eigenvalue weighted by molar-refractivity contribution is -0.275. The molecular formula is C21H21F5O. The summed E-state index contributed by atoms with van der Waals surface area (Å²) in [6, 6.07) is 7.58. The van der Waals surface area contributed by atoms with E-state index < -0.39 is 17.9 Å². The van der Waals surface area contributed by atoms with Gasteiger partial charge in [0.25, 0.3) is 0 Å². The van der Waals surface area contributed by atoms with Crippen molar-refractivity contribution in [3.63, 3.8) is 0 Å². The molecule has 1 atom stereocenters. The zero-order valence-corrected chi connectivity index (χ0v) is 15.0. The Balaban J connectivity index is 1.65. The van der Waals surface area contributed by atoms with Gasteiger partial charge in [-0.15, -0.1) is 13.2 Å². The maximum Gasteiger partial charge on any atom is 0.573 e. The highest BCUT2D eigenvalue weighted by atomic mass is 19.4. The van der Waals surface area contributed by atoms with Crippen LogP contribution in [-0.2, 0) is 25.7 Å². The van der Waals surface area contributed by atoms with Gasteiger partial charge in [0, 0.05) is 0 Å². The molecule has 2 aromatic carbocycles. The smallest absolute Gasteiger partial charge is 0.403 e. The summed E-state index contributed by atoms with van der Waals surface area (Å²) < 4.78 is 68.8. The molecule has 0 spiro atoms. The minimum atomic E-state index is -4.91. The summed E-state index contributed by atoms with van der Waals surface area (Å²) in [5.41, 5.74) is 3.01. The van der Waals surface area contributed by atoms with Crippen molar-refractivity contribution in [3.05, 3.63) is 64.2 Å². The fourth-order valence-electron chi connectivity index (χ4n) is 3.65. The Labute approximate surface area is 155 Å². The van der Waals surface area contributed by atoms with E-state index in [2.05, 4.69) is 4.74 Å². The Bertz CT molecular complexity index is 813. The number of rotatable bonds is 5. The van der Waals surface area contributed by atoms with Crippen LogP contribution in [0, 0.1) is 17.6 Å². The van der Waals surface area contributed by atoms with E-state index in [1.165, 1.54) is 0 Å². The number of benzene rings is 2. The van der Waals surface area contributed by atoms with Crippen molar-refractivity contribution in [3.8, 4) is 5.75 Å². The van der Waals surface area contributed by atoms with Crippen LogP contribution in [0.5, 0.6) is 5.75 Å². The Hall–Kier alpha value is -2.11. The zero-order valence-electron chi connectivity index (χ0n) is 15.0. The van der Waals surface area contributed by atoms with Gasteiger partial charge < -0.3 is 4.74 Å². The third-order valence-corrected chi connectivity index (χ3v) is 5.16. The lowest BCUT2D eigenvalue weighted by atomic mass is 9.81. The average Bonchev–Trinajstić information content (AvgIpc) is 2.60. The highest BCUT2D eigenvalue weighted by Gasteiger charge is 2.33. The second kappa shape index (κ2) is 7.87. The van der Waals surface area contributed by atoms with E-state index >= 15 is 0 Å². The van der Waals surface area contributed by atoms with E-state index in [0.717, 1.165) is 37.0 Å². The van der Waals surface area contributed by atoms with E-state index in [1.54, 1.807) is 6.07 Å². The first-order valence-electron chi connectivity index (χ1n) is 9.09. The van der Waals surface area contributed by atoms with Crippen LogP contribution < -0.4 is 4.74 Å². The molecule has 146 valence electrons. The van der Waals surface area contributed by atoms with Gasteiger partial charge in [-0.3, -0.25) is 0 Å². The van der Waals surface area contributed by atoms with Gasteiger partial charge in [0.1, 0.15) is 5.82 Å². The topological polar surface area (TPSA) is 9.23 Å². The molecule has 1 unspecified atom stereocenters. The molecule has 2 aromatic rings. The van der Waals surface area contributed by atoms with Crippen molar-refractivity contribution in [1.29, 1.82) is 0 Å². The lowest BCUT2D eigenvalue weighted by Crippen LogP contribution is -2.20. The van der Waals surface area contributed by atoms with E-state index in [0.29, 0.717) is 36.0 Å². The fourth-order valence-corrected chi connectivity index (χ4v) is 3.65. The molecule has 0 radical (unpaired) electrons. The summed E-state index contributed by atoms with van der Waals surface area (Å²) in [7, 11) is 0. The molecule has 0 saturated carbocycles. The molecule has 0 amide bonds. The van der Waals surface area contributed by atoms with Crippen LogP contribution in [0.4, 0.5) is 22.0 Å². The van der Waals surface area contributed by atoms with Crippen LogP contribution in [-0.4, -0.2) is 6.36 Å². The van der Waals surface area contributed by atoms with Gasteiger partial charge in [-0.1, -0.05) is 19.1 Å². The van der Waals surface area contributed by atoms with Gasteiger partial charge in [0.2, 0.25) is 0 Å². The SMILES string of the molecule is CCc1ccc(CCC2CCc3cc(OC(F)(F)F)c(F)cc3C2)c(F)c1. The number of halogens is 5. The first-order chi connectivity index (χ1) is 12.7. The van der Waals surface area contributed by atoms with Crippen molar-refractivity contribution in [2.75, 3.05) is 0 Å². The molecule has 3 rings (SSSR count). The monoisotopic (exact) mass is 384 g/mol. The Morgan fingerprint density at radius 3 is 2.48 bits per heavy atom. The number of hydrogen-bond acceptors (Lipinski definition) is 1. The van der Waals surface area contributed by atoms with E-state index in [9.17, 15) is 22.0 Å². The van der Waals surface area contributed by atoms with Crippen molar-refractivity contribution in [2.24, 2.45) is 5.92 Å². The summed E-state index contributed by atoms with van der Waals surface area (Å²) in [6.45, 7) is 1.97. The predicted molar refractivity (Wildman–Crippen MR) is 92.7 cm³/mol. The molecule has 0 N–H and O–H groups in total. The first kappa shape index (κ1) is 19.6. The molecule has 6 heteroatoms. The molecule has 27 heavy (non-hydrogen) atoms. The van der Waals surface area contributed by atoms with E-state index in [1.807, 2.05) is 19.1 Å². The second-order valence-corrected chi connectivity index (χ2v) is 7.03. The number of ether oxygens (including phenoxy) is 1. The summed E-state index contributed by atoms with van der Waals surface area (Å²) in [4.78, 5) is 0. The molecule has 0 bridgehead atoms. The Kier molecular flexibility index (Phi) is 5.72. The van der Waals surface area contributed by atoms with Gasteiger partial charge in [-0.2, -0.15) is 0 Å². The highest BCUT2D eigenvalue weighted by Crippen LogP contribution is 2.34. The van der Waals surface area contributed by atoms with Gasteiger partial charge in [0.15, 0.2) is 11.6 Å². The summed E-state index contributed by atoms with van der Waals surface area (Å²) >= 11 is 0. The van der Waals surface area contributed by atoms with Crippen LogP contribution in [0.15, 0.2) is 30.3 Å². The number of hydrogen-bond donors (Lipinski definition) is 0. The van der Waals surface area contributed by atoms with Crippen LogP contribution in [0.1, 0.15) is 42.0 Å². The molecule has 1 nitrogen and oxygen atoms in total. The lowest BCUT2D eigenvalue weighted by Gasteiger charge is -2.25. The Morgan fingerprint density at radius 1 is 1.04 bits per heavy atom. The van der Waals surface area contributed by atoms with Crippen LogP contribution in [0.3, 0.4) is 0 Å². The molecule has 0 saturated heterocycles. The van der Waals surface area contributed by atoms with Gasteiger partial charge in [0.05, 0.1) is 0 Å². The van der Waals surface area contributed by atoms with Crippen molar-refractivity contribution < 1.29 is 26.7 Å². The predicted octanol–water partition coefficient (Wildman–Crippen LogP) is 6.16. The van der Waals surface area contributed by atoms with Crippen LogP contribution in [0.2, 0.25) is 0 Å². The zero-order chi connectivity index (χ0) is 19.6. The van der Waals surface area contributed by atoms with E-state index in [4.69, 9.17) is 0 Å². The van der Waals surface area contributed by atoms with Crippen molar-refractivity contribution in [1.82, 2.24) is 0 Å². The van der Waals surface area contributed by atoms with Crippen LogP contribution >= 0.6 is 0 Å². The number of alkyl halides is 3. The first-order valence-corrected chi connectivity index (χ1v) is 9.09. The Morgan fingerprint density at radius 2 is 1.81 bits per heavy atom.